The van der Waals surface area contributed by atoms with E-state index in [1.54, 1.807) is 0 Å². The van der Waals surface area contributed by atoms with E-state index in [-0.39, 0.29) is 0 Å². The Morgan fingerprint density at radius 2 is 1.44 bits per heavy atom. The lowest BCUT2D eigenvalue weighted by molar-refractivity contribution is -0.0201. The highest BCUT2D eigenvalue weighted by Crippen LogP contribution is 2.36. The quantitative estimate of drug-likeness (QED) is 0.741. The van der Waals surface area contributed by atoms with Gasteiger partial charge in [0.1, 0.15) is 17.1 Å². The molecule has 0 unspecified atom stereocenters. The minimum absolute atomic E-state index is 0.545. The first-order valence-electron chi connectivity index (χ1n) is 9.30. The maximum atomic E-state index is 12.4. The van der Waals surface area contributed by atoms with Crippen molar-refractivity contribution in [3.8, 4) is 11.5 Å². The average molecular weight is 368 g/mol. The summed E-state index contributed by atoms with van der Waals surface area (Å²) < 4.78 is 22.4. The van der Waals surface area contributed by atoms with E-state index in [2.05, 4.69) is 12.1 Å². The van der Waals surface area contributed by atoms with Gasteiger partial charge in [-0.15, -0.1) is 0 Å². The number of ether oxygens (including phenoxy) is 4. The summed E-state index contributed by atoms with van der Waals surface area (Å²) in [6.45, 7) is 6.84. The van der Waals surface area contributed by atoms with E-state index in [1.807, 2.05) is 45.0 Å². The second kappa shape index (κ2) is 6.80. The van der Waals surface area contributed by atoms with Gasteiger partial charge >= 0.3 is 6.16 Å². The molecule has 0 amide bonds. The van der Waals surface area contributed by atoms with E-state index in [0.29, 0.717) is 13.2 Å². The molecule has 0 atom stereocenters. The molecule has 2 aliphatic rings. The third-order valence-corrected chi connectivity index (χ3v) is 4.64. The average Bonchev–Trinajstić information content (AvgIpc) is 3.25. The zero-order chi connectivity index (χ0) is 19.0. The van der Waals surface area contributed by atoms with Gasteiger partial charge in [-0.05, 0) is 67.3 Å². The van der Waals surface area contributed by atoms with Crippen molar-refractivity contribution in [3.05, 3.63) is 58.7 Å². The van der Waals surface area contributed by atoms with Crippen molar-refractivity contribution < 1.29 is 23.7 Å². The fourth-order valence-corrected chi connectivity index (χ4v) is 3.44. The predicted molar refractivity (Wildman–Crippen MR) is 100 cm³/mol. The van der Waals surface area contributed by atoms with E-state index in [9.17, 15) is 4.79 Å². The maximum absolute atomic E-state index is 12.4. The fraction of sp³-hybridized carbons (Fsp3) is 0.409. The number of fused-ring (bicyclic) bond motifs is 2. The van der Waals surface area contributed by atoms with Gasteiger partial charge in [0.05, 0.1) is 13.2 Å². The van der Waals surface area contributed by atoms with Gasteiger partial charge in [0, 0.05) is 12.8 Å². The Balaban J connectivity index is 1.68. The SMILES string of the molecule is CC(C)(C)OC(=O)OC(c1ccc2c(c1)CCO2)c1ccc2c(c1)CCO2. The second-order valence-electron chi connectivity index (χ2n) is 7.89. The standard InChI is InChI=1S/C22H24O5/c1-22(2,3)27-21(23)26-20(16-4-6-18-14(12-16)8-10-24-18)17-5-7-19-15(13-17)9-11-25-19/h4-7,12-13,20H,8-11H2,1-3H3. The number of rotatable bonds is 3. The Labute approximate surface area is 159 Å². The van der Waals surface area contributed by atoms with Crippen molar-refractivity contribution in [2.45, 2.75) is 45.3 Å². The van der Waals surface area contributed by atoms with Crippen LogP contribution < -0.4 is 9.47 Å². The van der Waals surface area contributed by atoms with Crippen LogP contribution in [0.4, 0.5) is 4.79 Å². The van der Waals surface area contributed by atoms with Gasteiger partial charge < -0.3 is 18.9 Å². The van der Waals surface area contributed by atoms with Gasteiger partial charge in [-0.2, -0.15) is 0 Å². The molecule has 27 heavy (non-hydrogen) atoms. The van der Waals surface area contributed by atoms with Crippen molar-refractivity contribution in [2.24, 2.45) is 0 Å². The first-order chi connectivity index (χ1) is 12.9. The summed E-state index contributed by atoms with van der Waals surface area (Å²) in [4.78, 5) is 12.4. The Morgan fingerprint density at radius 1 is 0.926 bits per heavy atom. The molecule has 0 N–H and O–H groups in total. The van der Waals surface area contributed by atoms with Crippen LogP contribution in [-0.2, 0) is 22.3 Å². The third kappa shape index (κ3) is 3.87. The Kier molecular flexibility index (Phi) is 4.46. The molecule has 0 aliphatic carbocycles. The van der Waals surface area contributed by atoms with Gasteiger partial charge in [0.15, 0.2) is 6.10 Å². The number of hydrogen-bond acceptors (Lipinski definition) is 5. The molecule has 0 saturated heterocycles. The summed E-state index contributed by atoms with van der Waals surface area (Å²) in [6.07, 6.45) is 0.499. The van der Waals surface area contributed by atoms with Crippen molar-refractivity contribution in [1.29, 1.82) is 0 Å². The van der Waals surface area contributed by atoms with Crippen LogP contribution in [0, 0.1) is 0 Å². The molecule has 0 bridgehead atoms. The minimum Gasteiger partial charge on any atom is -0.493 e. The van der Waals surface area contributed by atoms with E-state index in [0.717, 1.165) is 46.6 Å². The molecule has 2 aliphatic heterocycles. The fourth-order valence-electron chi connectivity index (χ4n) is 3.44. The van der Waals surface area contributed by atoms with Crippen LogP contribution in [0.3, 0.4) is 0 Å². The van der Waals surface area contributed by atoms with Gasteiger partial charge in [-0.1, -0.05) is 12.1 Å². The lowest BCUT2D eigenvalue weighted by atomic mass is 9.97. The Hall–Kier alpha value is -2.69. The van der Waals surface area contributed by atoms with Gasteiger partial charge in [-0.25, -0.2) is 4.79 Å². The third-order valence-electron chi connectivity index (χ3n) is 4.64. The normalized spacial score (nSPS) is 15.0. The predicted octanol–water partition coefficient (Wildman–Crippen LogP) is 4.60. The monoisotopic (exact) mass is 368 g/mol. The molecule has 0 aromatic heterocycles. The summed E-state index contributed by atoms with van der Waals surface area (Å²) in [5.74, 6) is 1.80. The minimum atomic E-state index is -0.680. The maximum Gasteiger partial charge on any atom is 0.509 e. The zero-order valence-electron chi connectivity index (χ0n) is 15.9. The smallest absolute Gasteiger partial charge is 0.493 e. The van der Waals surface area contributed by atoms with Gasteiger partial charge in [-0.3, -0.25) is 0 Å². The number of carbonyl (C=O) groups excluding carboxylic acids is 1. The number of benzene rings is 2. The summed E-state index contributed by atoms with van der Waals surface area (Å²) in [7, 11) is 0. The highest BCUT2D eigenvalue weighted by molar-refractivity contribution is 5.62. The largest absolute Gasteiger partial charge is 0.509 e. The van der Waals surface area contributed by atoms with Crippen LogP contribution >= 0.6 is 0 Å². The van der Waals surface area contributed by atoms with E-state index < -0.39 is 17.9 Å². The lowest BCUT2D eigenvalue weighted by Crippen LogP contribution is -2.26. The van der Waals surface area contributed by atoms with Crippen LogP contribution in [0.5, 0.6) is 11.5 Å². The summed E-state index contributed by atoms with van der Waals surface area (Å²) in [6, 6.07) is 11.9. The molecule has 4 rings (SSSR count). The zero-order valence-corrected chi connectivity index (χ0v) is 15.9. The molecular formula is C22H24O5. The molecular weight excluding hydrogens is 344 g/mol. The number of hydrogen-bond donors (Lipinski definition) is 0. The Bertz CT molecular complexity index is 808. The summed E-state index contributed by atoms with van der Waals surface area (Å²) >= 11 is 0. The van der Waals surface area contributed by atoms with E-state index in [1.165, 1.54) is 0 Å². The molecule has 2 aromatic carbocycles. The first-order valence-corrected chi connectivity index (χ1v) is 9.30. The molecule has 0 fully saturated rings. The van der Waals surface area contributed by atoms with Crippen LogP contribution in [0.2, 0.25) is 0 Å². The molecule has 5 nitrogen and oxygen atoms in total. The number of carbonyl (C=O) groups is 1. The lowest BCUT2D eigenvalue weighted by Gasteiger charge is -2.24. The molecule has 142 valence electrons. The van der Waals surface area contributed by atoms with Crippen LogP contribution in [-0.4, -0.2) is 25.0 Å². The first kappa shape index (κ1) is 17.7. The van der Waals surface area contributed by atoms with Crippen LogP contribution in [0.1, 0.15) is 49.1 Å². The van der Waals surface area contributed by atoms with Crippen molar-refractivity contribution >= 4 is 6.16 Å². The topological polar surface area (TPSA) is 54.0 Å². The molecule has 2 heterocycles. The molecule has 5 heteroatoms. The second-order valence-corrected chi connectivity index (χ2v) is 7.89. The van der Waals surface area contributed by atoms with E-state index >= 15 is 0 Å². The molecule has 0 spiro atoms. The van der Waals surface area contributed by atoms with Crippen molar-refractivity contribution in [1.82, 2.24) is 0 Å². The molecule has 2 aromatic rings. The van der Waals surface area contributed by atoms with Gasteiger partial charge in [0.2, 0.25) is 0 Å². The van der Waals surface area contributed by atoms with Gasteiger partial charge in [0.25, 0.3) is 0 Å². The van der Waals surface area contributed by atoms with Crippen molar-refractivity contribution in [2.75, 3.05) is 13.2 Å². The summed E-state index contributed by atoms with van der Waals surface area (Å²) in [5.41, 5.74) is 3.47. The van der Waals surface area contributed by atoms with E-state index in [4.69, 9.17) is 18.9 Å². The molecule has 0 radical (unpaired) electrons. The highest BCUT2D eigenvalue weighted by atomic mass is 16.7. The van der Waals surface area contributed by atoms with Crippen molar-refractivity contribution in [3.63, 3.8) is 0 Å². The molecule has 0 saturated carbocycles. The Morgan fingerprint density at radius 3 is 1.93 bits per heavy atom. The van der Waals surface area contributed by atoms with Crippen LogP contribution in [0.25, 0.3) is 0 Å². The highest BCUT2D eigenvalue weighted by Gasteiger charge is 2.26. The van der Waals surface area contributed by atoms with Crippen LogP contribution in [0.15, 0.2) is 36.4 Å². The summed E-state index contributed by atoms with van der Waals surface area (Å²) in [5, 5.41) is 0.